The molecule has 2 unspecified atom stereocenters. The Labute approximate surface area is 167 Å². The van der Waals surface area contributed by atoms with Crippen LogP contribution in [0.25, 0.3) is 4.85 Å². The van der Waals surface area contributed by atoms with Gasteiger partial charge in [-0.05, 0) is 32.0 Å². The average Bonchev–Trinajstić information content (AvgIpc) is 3.14. The van der Waals surface area contributed by atoms with E-state index in [-0.39, 0.29) is 16.9 Å². The van der Waals surface area contributed by atoms with Gasteiger partial charge in [-0.25, -0.2) is 6.57 Å². The van der Waals surface area contributed by atoms with Crippen LogP contribution in [0, 0.1) is 18.3 Å². The smallest absolute Gasteiger partial charge is 0.254 e. The zero-order valence-corrected chi connectivity index (χ0v) is 16.9. The van der Waals surface area contributed by atoms with Gasteiger partial charge in [0.15, 0.2) is 13.1 Å². The predicted molar refractivity (Wildman–Crippen MR) is 103 cm³/mol. The molecule has 0 radical (unpaired) electrons. The van der Waals surface area contributed by atoms with Crippen molar-refractivity contribution in [3.8, 4) is 0 Å². The highest BCUT2D eigenvalue weighted by atomic mass is 32.1. The van der Waals surface area contributed by atoms with Crippen LogP contribution in [0.5, 0.6) is 0 Å². The number of aromatic nitrogens is 2. The minimum atomic E-state index is -1.42. The molecule has 8 nitrogen and oxygen atoms in total. The van der Waals surface area contributed by atoms with Gasteiger partial charge >= 0.3 is 0 Å². The van der Waals surface area contributed by atoms with Crippen LogP contribution in [-0.4, -0.2) is 54.2 Å². The number of ether oxygens (including phenoxy) is 2. The van der Waals surface area contributed by atoms with Crippen molar-refractivity contribution < 1.29 is 21.3 Å². The second kappa shape index (κ2) is 8.48. The zero-order chi connectivity index (χ0) is 21.2. The molecule has 0 aromatic carbocycles. The Balaban J connectivity index is 1.85. The molecule has 1 saturated heterocycles. The molecule has 0 spiro atoms. The molecule has 1 aromatic rings. The third kappa shape index (κ3) is 4.16. The fourth-order valence-corrected chi connectivity index (χ4v) is 5.13. The minimum Gasteiger partial charge on any atom is -0.379 e. The van der Waals surface area contributed by atoms with E-state index in [1.807, 2.05) is 6.66 Å². The average molecular weight is 416 g/mol. The van der Waals surface area contributed by atoms with Crippen LogP contribution in [-0.2, 0) is 18.5 Å². The van der Waals surface area contributed by atoms with Crippen LogP contribution in [0.3, 0.4) is 0 Å². The van der Waals surface area contributed by atoms with Crippen molar-refractivity contribution in [2.45, 2.75) is 50.2 Å². The summed E-state index contributed by atoms with van der Waals surface area (Å²) in [6.45, 7) is 10.9. The van der Waals surface area contributed by atoms with Gasteiger partial charge in [-0.1, -0.05) is 0 Å². The molecule has 27 heavy (non-hydrogen) atoms. The van der Waals surface area contributed by atoms with E-state index in [2.05, 4.69) is 9.83 Å². The molecule has 0 bridgehead atoms. The van der Waals surface area contributed by atoms with E-state index < -0.39 is 39.5 Å². The van der Waals surface area contributed by atoms with Gasteiger partial charge in [-0.3, -0.25) is 14.3 Å². The first-order valence-electron chi connectivity index (χ1n) is 9.78. The van der Waals surface area contributed by atoms with E-state index in [1.165, 1.54) is 0 Å². The maximum absolute atomic E-state index is 11.8. The lowest BCUT2D eigenvalue weighted by Gasteiger charge is -2.31. The van der Waals surface area contributed by atoms with Crippen LogP contribution < -0.4 is 5.56 Å². The number of aryl methyl sites for hydroxylation is 1. The number of H-pyrrole nitrogens is 1. The van der Waals surface area contributed by atoms with E-state index >= 15 is 0 Å². The quantitative estimate of drug-likeness (QED) is 0.319. The molecule has 0 amide bonds. The summed E-state index contributed by atoms with van der Waals surface area (Å²) in [4.78, 5) is 17.7. The standard InChI is InChI=1S/C17H24N3O5PS/c1-11-10-20(16(27)19-15(11)21)13-9-17(25-26(4)23-8-7-18-2)6-5-12(22-3)14(17)24-13/h10,12-14H,5-9H2,1,3-4H3,(H,19,21,27)/t12-,13-,14-,17+,26?/m1/s1/i3TD/t3?,12-,13-,14-,17+,26?. The molecule has 1 aliphatic carbocycles. The number of methoxy groups -OCH3 is 1. The first-order valence-corrected chi connectivity index (χ1v) is 10.7. The van der Waals surface area contributed by atoms with Gasteiger partial charge in [0.05, 0.1) is 8.85 Å². The van der Waals surface area contributed by atoms with Gasteiger partial charge in [0.2, 0.25) is 6.54 Å². The fourth-order valence-electron chi connectivity index (χ4n) is 3.70. The summed E-state index contributed by atoms with van der Waals surface area (Å²) in [5, 5.41) is 0. The van der Waals surface area contributed by atoms with Gasteiger partial charge in [-0.2, -0.15) is 0 Å². The molecule has 3 rings (SSSR count). The molecule has 10 heteroatoms. The number of fused-ring (bicyclic) bond motifs is 1. The van der Waals surface area contributed by atoms with Crippen molar-refractivity contribution in [3.63, 3.8) is 0 Å². The van der Waals surface area contributed by atoms with Gasteiger partial charge in [0.1, 0.15) is 24.5 Å². The predicted octanol–water partition coefficient (Wildman–Crippen LogP) is 2.94. The molecule has 1 saturated carbocycles. The van der Waals surface area contributed by atoms with Crippen LogP contribution in [0.15, 0.2) is 11.0 Å². The summed E-state index contributed by atoms with van der Waals surface area (Å²) in [5.74, 6) is 0. The van der Waals surface area contributed by atoms with Crippen LogP contribution >= 0.6 is 20.6 Å². The van der Waals surface area contributed by atoms with Crippen LogP contribution in [0.1, 0.15) is 33.8 Å². The Hall–Kier alpha value is -1.14. The van der Waals surface area contributed by atoms with Gasteiger partial charge in [-0.15, -0.1) is 0 Å². The Bertz CT molecular complexity index is 891. The zero-order valence-electron chi connectivity index (χ0n) is 17.2. The second-order valence-electron chi connectivity index (χ2n) is 6.72. The number of nitrogens with one attached hydrogen (secondary N) is 1. The minimum absolute atomic E-state index is 0.242. The second-order valence-corrected chi connectivity index (χ2v) is 8.42. The highest BCUT2D eigenvalue weighted by Gasteiger charge is 2.58. The number of nitrogens with zero attached hydrogens (tertiary/aromatic N) is 2. The summed E-state index contributed by atoms with van der Waals surface area (Å²) >= 11 is 5.31. The molecule has 1 aromatic heterocycles. The Morgan fingerprint density at radius 1 is 1.74 bits per heavy atom. The highest BCUT2D eigenvalue weighted by Crippen LogP contribution is 2.55. The molecule has 1 aliphatic heterocycles. The Kier molecular flexibility index (Phi) is 5.63. The molecule has 2 fully saturated rings. The van der Waals surface area contributed by atoms with Crippen molar-refractivity contribution in [1.29, 1.82) is 0 Å². The number of hydrogen-bond donors (Lipinski definition) is 1. The highest BCUT2D eigenvalue weighted by molar-refractivity contribution is 7.71. The fraction of sp³-hybridized carbons (Fsp3) is 0.706. The van der Waals surface area contributed by atoms with E-state index in [0.29, 0.717) is 31.4 Å². The topological polar surface area (TPSA) is 79.1 Å². The SMILES string of the molecule is [2H]C([3H])O[C@@H]1CC[C@]2(OP(C)OCC[N+]#[C-])C[C@H](n3cc(C)c(=O)[nH]c3=S)O[C@H]12. The van der Waals surface area contributed by atoms with Crippen molar-refractivity contribution in [2.75, 3.05) is 26.9 Å². The van der Waals surface area contributed by atoms with Crippen molar-refractivity contribution in [2.24, 2.45) is 0 Å². The molecule has 2 heterocycles. The Morgan fingerprint density at radius 2 is 2.56 bits per heavy atom. The third-order valence-electron chi connectivity index (χ3n) is 4.95. The van der Waals surface area contributed by atoms with Crippen molar-refractivity contribution in [3.05, 3.63) is 38.3 Å². The summed E-state index contributed by atoms with van der Waals surface area (Å²) in [6, 6.07) is 0. The van der Waals surface area contributed by atoms with E-state index in [9.17, 15) is 4.79 Å². The molecule has 6 atom stereocenters. The lowest BCUT2D eigenvalue weighted by atomic mass is 9.97. The maximum Gasteiger partial charge on any atom is 0.254 e. The van der Waals surface area contributed by atoms with Crippen LogP contribution in [0.2, 0.25) is 0 Å². The van der Waals surface area contributed by atoms with Gasteiger partial charge < -0.3 is 23.4 Å². The summed E-state index contributed by atoms with van der Waals surface area (Å²) < 4.78 is 40.5. The van der Waals surface area contributed by atoms with E-state index in [1.54, 1.807) is 17.7 Å². The van der Waals surface area contributed by atoms with Crippen molar-refractivity contribution in [1.82, 2.24) is 9.55 Å². The third-order valence-corrected chi connectivity index (χ3v) is 6.43. The van der Waals surface area contributed by atoms with E-state index in [0.717, 1.165) is 0 Å². The van der Waals surface area contributed by atoms with Crippen molar-refractivity contribution >= 4 is 20.6 Å². The van der Waals surface area contributed by atoms with E-state index in [4.69, 9.17) is 40.1 Å². The summed E-state index contributed by atoms with van der Waals surface area (Å²) in [6.07, 6.45) is 1.94. The van der Waals surface area contributed by atoms with Gasteiger partial charge in [0.25, 0.3) is 5.56 Å². The normalized spacial score (nSPS) is 33.0. The van der Waals surface area contributed by atoms with Crippen LogP contribution in [0.4, 0.5) is 0 Å². The first-order chi connectivity index (χ1) is 13.8. The molecule has 1 N–H and O–H groups in total. The lowest BCUT2D eigenvalue weighted by molar-refractivity contribution is -0.0898. The Morgan fingerprint density at radius 3 is 3.30 bits per heavy atom. The molecular weight excluding hydrogens is 389 g/mol. The lowest BCUT2D eigenvalue weighted by Crippen LogP contribution is -2.40. The molecule has 148 valence electrons. The first kappa shape index (κ1) is 17.9. The monoisotopic (exact) mass is 416 g/mol. The number of hydrogen-bond acceptors (Lipinski definition) is 6. The molecule has 2 aliphatic rings. The largest absolute Gasteiger partial charge is 0.379 e. The maximum atomic E-state index is 11.8. The summed E-state index contributed by atoms with van der Waals surface area (Å²) in [5.41, 5.74) is -0.436. The number of rotatable bonds is 7. The van der Waals surface area contributed by atoms with Gasteiger partial charge in [0, 0.05) is 31.9 Å². The molecular formula is C17H24N3O5PS. The number of aromatic amines is 1. The summed E-state index contributed by atoms with van der Waals surface area (Å²) in [7, 11) is -2.68.